The van der Waals surface area contributed by atoms with Gasteiger partial charge in [-0.2, -0.15) is 0 Å². The van der Waals surface area contributed by atoms with Crippen molar-refractivity contribution in [2.45, 2.75) is 91.7 Å². The summed E-state index contributed by atoms with van der Waals surface area (Å²) in [5, 5.41) is 0. The van der Waals surface area contributed by atoms with E-state index in [1.54, 1.807) is 27.9 Å². The molecule has 40 heavy (non-hydrogen) atoms. The Kier molecular flexibility index (Phi) is 13.4. The van der Waals surface area contributed by atoms with Crippen molar-refractivity contribution in [3.8, 4) is 5.75 Å². The number of methoxy groups -OCH3 is 1. The highest BCUT2D eigenvalue weighted by Gasteiger charge is 2.49. The molecule has 0 spiro atoms. The summed E-state index contributed by atoms with van der Waals surface area (Å²) in [6.07, 6.45) is 8.90. The lowest BCUT2D eigenvalue weighted by Crippen LogP contribution is -2.45. The largest absolute Gasteiger partial charge is 0.698 e. The molecule has 0 aliphatic heterocycles. The van der Waals surface area contributed by atoms with Crippen molar-refractivity contribution in [2.75, 3.05) is 13.7 Å². The van der Waals surface area contributed by atoms with Gasteiger partial charge in [0.2, 0.25) is 0 Å². The lowest BCUT2D eigenvalue weighted by Gasteiger charge is -2.32. The molecule has 0 radical (unpaired) electrons. The monoisotopic (exact) mass is 572 g/mol. The van der Waals surface area contributed by atoms with Crippen LogP contribution in [0.25, 0.3) is 0 Å². The molecule has 0 unspecified atom stereocenters. The van der Waals surface area contributed by atoms with Gasteiger partial charge in [-0.3, -0.25) is 14.4 Å². The van der Waals surface area contributed by atoms with Gasteiger partial charge in [0, 0.05) is 24.8 Å². The minimum absolute atomic E-state index is 0.173. The van der Waals surface area contributed by atoms with Crippen LogP contribution < -0.4 is 4.74 Å². The Hall–Kier alpha value is -3.17. The number of rotatable bonds is 16. The molecule has 9 heteroatoms. The Bertz CT molecular complexity index is 1020. The maximum absolute atomic E-state index is 11.7. The molecule has 8 nitrogen and oxygen atoms in total. The van der Waals surface area contributed by atoms with Gasteiger partial charge in [-0.25, -0.2) is 0 Å². The van der Waals surface area contributed by atoms with E-state index in [0.29, 0.717) is 42.3 Å². The lowest BCUT2D eigenvalue weighted by atomic mass is 9.83. The molecule has 0 aromatic heterocycles. The number of hydrogen-bond acceptors (Lipinski definition) is 8. The summed E-state index contributed by atoms with van der Waals surface area (Å²) >= 11 is 0. The minimum Gasteiger partial charge on any atom is -0.497 e. The van der Waals surface area contributed by atoms with E-state index in [2.05, 4.69) is 12.1 Å². The molecule has 0 saturated heterocycles. The highest BCUT2D eigenvalue weighted by molar-refractivity contribution is 6.61. The number of carbonyl (C=O) groups is 3. The molecule has 1 aliphatic carbocycles. The van der Waals surface area contributed by atoms with Gasteiger partial charge in [-0.05, 0) is 97.3 Å². The van der Waals surface area contributed by atoms with E-state index in [1.807, 2.05) is 12.1 Å². The average molecular weight is 573 g/mol. The topological polar surface area (TPSA) is 97.4 Å². The Balaban J connectivity index is 2.08. The van der Waals surface area contributed by atoms with E-state index in [4.69, 9.17) is 22.8 Å². The Labute approximate surface area is 239 Å². The zero-order chi connectivity index (χ0) is 29.7. The van der Waals surface area contributed by atoms with Gasteiger partial charge in [-0.1, -0.05) is 12.1 Å². The van der Waals surface area contributed by atoms with Crippen molar-refractivity contribution in [3.63, 3.8) is 0 Å². The first kappa shape index (κ1) is 33.0. The predicted molar refractivity (Wildman–Crippen MR) is 156 cm³/mol. The summed E-state index contributed by atoms with van der Waals surface area (Å²) < 4.78 is 30.1. The third-order valence-corrected chi connectivity index (χ3v) is 9.28. The molecule has 1 aliphatic rings. The number of ketones is 3. The third-order valence-electron chi connectivity index (χ3n) is 6.41. The second-order valence-electron chi connectivity index (χ2n) is 10.3. The van der Waals surface area contributed by atoms with Crippen molar-refractivity contribution in [2.24, 2.45) is 0 Å². The van der Waals surface area contributed by atoms with Gasteiger partial charge >= 0.3 is 8.80 Å². The van der Waals surface area contributed by atoms with E-state index in [1.165, 1.54) is 44.6 Å². The fourth-order valence-corrected chi connectivity index (χ4v) is 7.53. The molecule has 0 atom stereocenters. The van der Waals surface area contributed by atoms with E-state index in [0.717, 1.165) is 31.4 Å². The van der Waals surface area contributed by atoms with Crippen LogP contribution >= 0.6 is 0 Å². The summed E-state index contributed by atoms with van der Waals surface area (Å²) in [7, 11) is -1.91. The second kappa shape index (κ2) is 16.2. The SMILES string of the molecule is COc1ccc(C2CCC(OCCC[Si](OC(C)=CC(C)=O)(OC(C)=CC(C)=O)OC(C)=CC(C)=O)CC2)cc1. The van der Waals surface area contributed by atoms with Crippen LogP contribution in [0.4, 0.5) is 0 Å². The van der Waals surface area contributed by atoms with Crippen LogP contribution in [-0.2, 0) is 32.4 Å². The normalized spacial score (nSPS) is 19.8. The summed E-state index contributed by atoms with van der Waals surface area (Å²) in [5.41, 5.74) is 1.33. The first-order valence-corrected chi connectivity index (χ1v) is 15.7. The zero-order valence-corrected chi connectivity index (χ0v) is 25.9. The highest BCUT2D eigenvalue weighted by Crippen LogP contribution is 2.35. The van der Waals surface area contributed by atoms with Crippen molar-refractivity contribution >= 4 is 26.2 Å². The molecule has 1 fully saturated rings. The van der Waals surface area contributed by atoms with E-state index in [-0.39, 0.29) is 23.5 Å². The number of ether oxygens (including phenoxy) is 2. The molecular weight excluding hydrogens is 528 g/mol. The van der Waals surface area contributed by atoms with Crippen LogP contribution in [0.5, 0.6) is 5.75 Å². The predicted octanol–water partition coefficient (Wildman–Crippen LogP) is 6.60. The Morgan fingerprint density at radius 1 is 0.750 bits per heavy atom. The number of hydrogen-bond donors (Lipinski definition) is 0. The zero-order valence-electron chi connectivity index (χ0n) is 24.9. The molecule has 220 valence electrons. The van der Waals surface area contributed by atoms with Gasteiger partial charge in [0.05, 0.1) is 36.5 Å². The Morgan fingerprint density at radius 3 is 1.60 bits per heavy atom. The standard InChI is InChI=1S/C31H44O8Si/c1-22(32)19-25(4)37-40(38-26(5)20-23(2)33,39-27(6)21-24(3)34)18-8-17-36-31-15-11-29(12-16-31)28-9-13-30(35-7)14-10-28/h9-10,13-14,19-21,29,31H,8,11-12,15-18H2,1-7H3. The third kappa shape index (κ3) is 11.9. The number of benzene rings is 1. The van der Waals surface area contributed by atoms with Gasteiger partial charge in [0.1, 0.15) is 5.75 Å². The minimum atomic E-state index is -3.59. The highest BCUT2D eigenvalue weighted by atomic mass is 28.4. The van der Waals surface area contributed by atoms with Crippen LogP contribution in [0.2, 0.25) is 6.04 Å². The van der Waals surface area contributed by atoms with E-state index in [9.17, 15) is 14.4 Å². The van der Waals surface area contributed by atoms with Gasteiger partial charge < -0.3 is 22.8 Å². The second-order valence-corrected chi connectivity index (χ2v) is 12.8. The van der Waals surface area contributed by atoms with Crippen molar-refractivity contribution in [1.82, 2.24) is 0 Å². The van der Waals surface area contributed by atoms with E-state index < -0.39 is 8.80 Å². The quantitative estimate of drug-likeness (QED) is 0.0946. The molecule has 0 bridgehead atoms. The molecular formula is C31H44O8Si. The van der Waals surface area contributed by atoms with Crippen molar-refractivity contribution in [1.29, 1.82) is 0 Å². The number of carbonyl (C=O) groups excluding carboxylic acids is 3. The molecule has 1 aromatic carbocycles. The lowest BCUT2D eigenvalue weighted by molar-refractivity contribution is -0.113. The van der Waals surface area contributed by atoms with Crippen molar-refractivity contribution in [3.05, 3.63) is 65.3 Å². The van der Waals surface area contributed by atoms with Crippen molar-refractivity contribution < 1.29 is 37.1 Å². The molecule has 0 heterocycles. The first-order valence-electron chi connectivity index (χ1n) is 13.8. The average Bonchev–Trinajstić information content (AvgIpc) is 2.85. The summed E-state index contributed by atoms with van der Waals surface area (Å²) in [5.74, 6) is 1.85. The molecule has 2 rings (SSSR count). The summed E-state index contributed by atoms with van der Waals surface area (Å²) in [4.78, 5) is 35.1. The molecule has 0 amide bonds. The van der Waals surface area contributed by atoms with Gasteiger partial charge in [0.15, 0.2) is 17.3 Å². The molecule has 1 saturated carbocycles. The van der Waals surface area contributed by atoms with Crippen LogP contribution in [-0.4, -0.2) is 46.0 Å². The van der Waals surface area contributed by atoms with Crippen LogP contribution in [0.3, 0.4) is 0 Å². The van der Waals surface area contributed by atoms with Crippen LogP contribution in [0.1, 0.15) is 85.1 Å². The fourth-order valence-electron chi connectivity index (χ4n) is 4.88. The fraction of sp³-hybridized carbons (Fsp3) is 0.516. The summed E-state index contributed by atoms with van der Waals surface area (Å²) in [6.45, 7) is 9.72. The Morgan fingerprint density at radius 2 is 1.20 bits per heavy atom. The maximum atomic E-state index is 11.7. The van der Waals surface area contributed by atoms with Crippen LogP contribution in [0.15, 0.2) is 59.8 Å². The number of allylic oxidation sites excluding steroid dienone is 6. The van der Waals surface area contributed by atoms with Gasteiger partial charge in [0.25, 0.3) is 0 Å². The van der Waals surface area contributed by atoms with Crippen LogP contribution in [0, 0.1) is 0 Å². The van der Waals surface area contributed by atoms with Gasteiger partial charge in [-0.15, -0.1) is 0 Å². The summed E-state index contributed by atoms with van der Waals surface area (Å²) in [6, 6.07) is 8.65. The smallest absolute Gasteiger partial charge is 0.497 e. The first-order chi connectivity index (χ1) is 18.9. The molecule has 0 N–H and O–H groups in total. The van der Waals surface area contributed by atoms with E-state index >= 15 is 0 Å². The molecule has 1 aromatic rings. The maximum Gasteiger partial charge on any atom is 0.698 e.